The number of nitrogens with zero attached hydrogens (tertiary/aromatic N) is 4. The maximum atomic E-state index is 5.38. The molecule has 0 unspecified atom stereocenters. The van der Waals surface area contributed by atoms with Crippen molar-refractivity contribution < 1.29 is 0 Å². The first-order valence-corrected chi connectivity index (χ1v) is 12.1. The van der Waals surface area contributed by atoms with E-state index in [1.807, 2.05) is 24.7 Å². The van der Waals surface area contributed by atoms with Crippen LogP contribution >= 0.6 is 0 Å². The number of rotatable bonds is 0. The van der Waals surface area contributed by atoms with Crippen LogP contribution in [0.4, 0.5) is 0 Å². The minimum atomic E-state index is 0.909. The molecule has 7 aromatic rings. The molecule has 0 atom stereocenters. The summed E-state index contributed by atoms with van der Waals surface area (Å²) in [5.41, 5.74) is 15.2. The Bertz CT molecular complexity index is 2070. The standard InChI is InChI=1S/C31H18N4/c1-3-8-19-17(6-1)14-23-26(19)27-20-9-4-2-7-18(20)15-24(27)29-28(23)34-31-22-11-13-32-16-25(22)21-10-5-12-33-30(21)35(29)31/h1-13,16H,14-15H2. The first-order valence-electron chi connectivity index (χ1n) is 12.1. The topological polar surface area (TPSA) is 43.1 Å². The fourth-order valence-corrected chi connectivity index (χ4v) is 6.58. The number of pyridine rings is 3. The SMILES string of the molecule is c1ccc2c(c1)Cc1c-2c2c(c3c1nc1c4ccncc4c4cccnc4n13)Cc1ccccc1-2. The zero-order chi connectivity index (χ0) is 22.7. The Morgan fingerprint density at radius 1 is 0.629 bits per heavy atom. The molecular weight excluding hydrogens is 428 g/mol. The van der Waals surface area contributed by atoms with Crippen molar-refractivity contribution in [2.45, 2.75) is 12.8 Å². The van der Waals surface area contributed by atoms with Gasteiger partial charge in [0.15, 0.2) is 0 Å². The molecular formula is C31H18N4. The lowest BCUT2D eigenvalue weighted by atomic mass is 9.92. The summed E-state index contributed by atoms with van der Waals surface area (Å²) in [5, 5.41) is 3.32. The third-order valence-electron chi connectivity index (χ3n) is 7.96. The molecule has 4 heterocycles. The summed E-state index contributed by atoms with van der Waals surface area (Å²) in [4.78, 5) is 14.7. The molecule has 4 aromatic heterocycles. The van der Waals surface area contributed by atoms with E-state index in [0.717, 1.165) is 45.8 Å². The highest BCUT2D eigenvalue weighted by Crippen LogP contribution is 2.53. The van der Waals surface area contributed by atoms with Crippen LogP contribution in [0.25, 0.3) is 60.7 Å². The second-order valence-electron chi connectivity index (χ2n) is 9.64. The van der Waals surface area contributed by atoms with Gasteiger partial charge in [0.05, 0.1) is 11.0 Å². The molecule has 3 aromatic carbocycles. The van der Waals surface area contributed by atoms with Crippen LogP contribution < -0.4 is 0 Å². The fraction of sp³-hybridized carbons (Fsp3) is 0.0645. The molecule has 4 nitrogen and oxygen atoms in total. The van der Waals surface area contributed by atoms with E-state index in [0.29, 0.717) is 0 Å². The zero-order valence-corrected chi connectivity index (χ0v) is 18.8. The average Bonchev–Trinajstić information content (AvgIpc) is 3.60. The summed E-state index contributed by atoms with van der Waals surface area (Å²) >= 11 is 0. The highest BCUT2D eigenvalue weighted by atomic mass is 15.1. The van der Waals surface area contributed by atoms with Gasteiger partial charge in [-0.05, 0) is 62.7 Å². The molecule has 2 aliphatic carbocycles. The van der Waals surface area contributed by atoms with Gasteiger partial charge in [-0.1, -0.05) is 48.5 Å². The predicted octanol–water partition coefficient (Wildman–Crippen LogP) is 6.73. The van der Waals surface area contributed by atoms with Gasteiger partial charge < -0.3 is 0 Å². The Balaban J connectivity index is 1.59. The normalized spacial score (nSPS) is 13.5. The molecule has 0 radical (unpaired) electrons. The third-order valence-corrected chi connectivity index (χ3v) is 7.96. The van der Waals surface area contributed by atoms with Crippen molar-refractivity contribution >= 4 is 38.5 Å². The summed E-state index contributed by atoms with van der Waals surface area (Å²) < 4.78 is 2.32. The quantitative estimate of drug-likeness (QED) is 0.243. The number of imidazole rings is 1. The summed E-state index contributed by atoms with van der Waals surface area (Å²) in [6.45, 7) is 0. The van der Waals surface area contributed by atoms with Gasteiger partial charge in [0, 0.05) is 47.6 Å². The number of aromatic nitrogens is 4. The van der Waals surface area contributed by atoms with Crippen molar-refractivity contribution in [1.29, 1.82) is 0 Å². The average molecular weight is 447 g/mol. The second-order valence-corrected chi connectivity index (χ2v) is 9.64. The molecule has 0 N–H and O–H groups in total. The smallest absolute Gasteiger partial charge is 0.147 e. The highest BCUT2D eigenvalue weighted by molar-refractivity contribution is 6.15. The second kappa shape index (κ2) is 6.10. The van der Waals surface area contributed by atoms with E-state index in [9.17, 15) is 0 Å². The Kier molecular flexibility index (Phi) is 3.11. The molecule has 35 heavy (non-hydrogen) atoms. The molecule has 4 heteroatoms. The van der Waals surface area contributed by atoms with E-state index < -0.39 is 0 Å². The molecule has 0 amide bonds. The molecule has 0 saturated carbocycles. The number of hydrogen-bond donors (Lipinski definition) is 0. The van der Waals surface area contributed by atoms with Gasteiger partial charge in [0.25, 0.3) is 0 Å². The van der Waals surface area contributed by atoms with Gasteiger partial charge in [-0.2, -0.15) is 0 Å². The van der Waals surface area contributed by atoms with Gasteiger partial charge in [-0.3, -0.25) is 9.38 Å². The summed E-state index contributed by atoms with van der Waals surface area (Å²) in [6.07, 6.45) is 7.51. The lowest BCUT2D eigenvalue weighted by molar-refractivity contribution is 1.20. The van der Waals surface area contributed by atoms with E-state index >= 15 is 0 Å². The van der Waals surface area contributed by atoms with Crippen LogP contribution in [0.5, 0.6) is 0 Å². The summed E-state index contributed by atoms with van der Waals surface area (Å²) in [5.74, 6) is 0. The van der Waals surface area contributed by atoms with Crippen LogP contribution in [0, 0.1) is 0 Å². The van der Waals surface area contributed by atoms with E-state index in [1.165, 1.54) is 50.0 Å². The fourth-order valence-electron chi connectivity index (χ4n) is 6.58. The monoisotopic (exact) mass is 446 g/mol. The van der Waals surface area contributed by atoms with Crippen LogP contribution in [-0.4, -0.2) is 19.4 Å². The molecule has 0 spiro atoms. The van der Waals surface area contributed by atoms with Gasteiger partial charge in [0.2, 0.25) is 0 Å². The molecule has 0 saturated heterocycles. The van der Waals surface area contributed by atoms with E-state index in [1.54, 1.807) is 0 Å². The summed E-state index contributed by atoms with van der Waals surface area (Å²) in [6, 6.07) is 24.0. The number of fused-ring (bicyclic) bond motifs is 17. The minimum Gasteiger partial charge on any atom is -0.275 e. The third kappa shape index (κ3) is 2.07. The van der Waals surface area contributed by atoms with Crippen LogP contribution in [0.15, 0.2) is 85.3 Å². The van der Waals surface area contributed by atoms with Crippen molar-refractivity contribution in [1.82, 2.24) is 19.4 Å². The van der Waals surface area contributed by atoms with Crippen LogP contribution in [-0.2, 0) is 12.8 Å². The van der Waals surface area contributed by atoms with Gasteiger partial charge in [-0.15, -0.1) is 0 Å². The van der Waals surface area contributed by atoms with E-state index in [-0.39, 0.29) is 0 Å². The van der Waals surface area contributed by atoms with Crippen LogP contribution in [0.2, 0.25) is 0 Å². The number of hydrogen-bond acceptors (Lipinski definition) is 3. The lowest BCUT2D eigenvalue weighted by Gasteiger charge is -2.13. The Hall–Kier alpha value is -4.57. The maximum Gasteiger partial charge on any atom is 0.147 e. The number of benzene rings is 3. The first-order chi connectivity index (χ1) is 17.4. The predicted molar refractivity (Wildman–Crippen MR) is 140 cm³/mol. The van der Waals surface area contributed by atoms with Crippen molar-refractivity contribution in [3.05, 3.63) is 108 Å². The van der Waals surface area contributed by atoms with Gasteiger partial charge in [0.1, 0.15) is 11.3 Å². The highest BCUT2D eigenvalue weighted by Gasteiger charge is 2.34. The van der Waals surface area contributed by atoms with Crippen LogP contribution in [0.3, 0.4) is 0 Å². The van der Waals surface area contributed by atoms with Gasteiger partial charge >= 0.3 is 0 Å². The Labute approximate surface area is 200 Å². The minimum absolute atomic E-state index is 0.909. The van der Waals surface area contributed by atoms with E-state index in [2.05, 4.69) is 70.0 Å². The molecule has 162 valence electrons. The largest absolute Gasteiger partial charge is 0.275 e. The van der Waals surface area contributed by atoms with Crippen molar-refractivity contribution in [3.8, 4) is 22.3 Å². The molecule has 0 bridgehead atoms. The lowest BCUT2D eigenvalue weighted by Crippen LogP contribution is -1.97. The van der Waals surface area contributed by atoms with E-state index in [4.69, 9.17) is 9.97 Å². The molecule has 9 rings (SSSR count). The zero-order valence-electron chi connectivity index (χ0n) is 18.8. The van der Waals surface area contributed by atoms with Crippen LogP contribution in [0.1, 0.15) is 22.3 Å². The van der Waals surface area contributed by atoms with Crippen molar-refractivity contribution in [3.63, 3.8) is 0 Å². The van der Waals surface area contributed by atoms with Crippen molar-refractivity contribution in [2.75, 3.05) is 0 Å². The first kappa shape index (κ1) is 17.8. The molecule has 0 aliphatic heterocycles. The molecule has 2 aliphatic rings. The summed E-state index contributed by atoms with van der Waals surface area (Å²) in [7, 11) is 0. The maximum absolute atomic E-state index is 5.38. The molecule has 0 fully saturated rings. The van der Waals surface area contributed by atoms with Gasteiger partial charge in [-0.25, -0.2) is 9.97 Å². The Morgan fingerprint density at radius 3 is 2.17 bits per heavy atom. The van der Waals surface area contributed by atoms with Crippen molar-refractivity contribution in [2.24, 2.45) is 0 Å². The Morgan fingerprint density at radius 2 is 1.34 bits per heavy atom.